The van der Waals surface area contributed by atoms with Gasteiger partial charge in [0.15, 0.2) is 0 Å². The van der Waals surface area contributed by atoms with Gasteiger partial charge in [-0.1, -0.05) is 26.7 Å². The van der Waals surface area contributed by atoms with Crippen molar-refractivity contribution in [2.24, 2.45) is 0 Å². The lowest BCUT2D eigenvalue weighted by Crippen LogP contribution is -2.04. The lowest BCUT2D eigenvalue weighted by atomic mass is 10.0. The van der Waals surface area contributed by atoms with Gasteiger partial charge in [0.25, 0.3) is 0 Å². The van der Waals surface area contributed by atoms with E-state index in [0.717, 1.165) is 61.6 Å². The predicted octanol–water partition coefficient (Wildman–Crippen LogP) is 4.78. The zero-order valence-corrected chi connectivity index (χ0v) is 18.6. The molecule has 0 fully saturated rings. The standard InChI is InChI=1S/C22H32N6O2/c1-15(2)22-25-23-20(30-22)11-9-7-6-8-10-17-14-18(12-13-19(17)29-5)21-24-27-28(26-21)16(3)4/h12-16H,6-11H2,1-5H3. The molecule has 8 heteroatoms. The highest BCUT2D eigenvalue weighted by atomic mass is 16.5. The van der Waals surface area contributed by atoms with Crippen molar-refractivity contribution in [2.75, 3.05) is 7.11 Å². The molecule has 3 aromatic rings. The Kier molecular flexibility index (Phi) is 7.54. The van der Waals surface area contributed by atoms with Crippen LogP contribution in [0, 0.1) is 0 Å². The number of aromatic nitrogens is 6. The minimum Gasteiger partial charge on any atom is -0.496 e. The summed E-state index contributed by atoms with van der Waals surface area (Å²) in [6.07, 6.45) is 6.21. The second-order valence-electron chi connectivity index (χ2n) is 8.16. The van der Waals surface area contributed by atoms with Crippen LogP contribution < -0.4 is 4.74 Å². The van der Waals surface area contributed by atoms with E-state index in [1.807, 2.05) is 26.0 Å². The van der Waals surface area contributed by atoms with Gasteiger partial charge in [0.05, 0.1) is 13.2 Å². The third kappa shape index (κ3) is 5.64. The number of hydrogen-bond acceptors (Lipinski definition) is 7. The molecule has 2 heterocycles. The minimum atomic E-state index is 0.188. The summed E-state index contributed by atoms with van der Waals surface area (Å²) >= 11 is 0. The van der Waals surface area contributed by atoms with E-state index in [1.54, 1.807) is 11.9 Å². The average molecular weight is 413 g/mol. The van der Waals surface area contributed by atoms with Gasteiger partial charge in [-0.05, 0) is 62.1 Å². The van der Waals surface area contributed by atoms with Gasteiger partial charge < -0.3 is 9.15 Å². The maximum atomic E-state index is 5.67. The van der Waals surface area contributed by atoms with E-state index in [-0.39, 0.29) is 12.0 Å². The van der Waals surface area contributed by atoms with Crippen molar-refractivity contribution >= 4 is 0 Å². The summed E-state index contributed by atoms with van der Waals surface area (Å²) in [5.74, 6) is 3.30. The van der Waals surface area contributed by atoms with Crippen LogP contribution in [0.3, 0.4) is 0 Å². The molecule has 8 nitrogen and oxygen atoms in total. The van der Waals surface area contributed by atoms with Crippen molar-refractivity contribution in [3.8, 4) is 17.1 Å². The van der Waals surface area contributed by atoms with Crippen molar-refractivity contribution in [3.05, 3.63) is 35.5 Å². The number of hydrogen-bond donors (Lipinski definition) is 0. The first-order chi connectivity index (χ1) is 14.5. The van der Waals surface area contributed by atoms with Gasteiger partial charge in [-0.25, -0.2) is 0 Å². The first-order valence-corrected chi connectivity index (χ1v) is 10.8. The fourth-order valence-electron chi connectivity index (χ4n) is 3.22. The van der Waals surface area contributed by atoms with Gasteiger partial charge in [-0.15, -0.1) is 20.4 Å². The highest BCUT2D eigenvalue weighted by Crippen LogP contribution is 2.26. The van der Waals surface area contributed by atoms with Gasteiger partial charge in [0, 0.05) is 17.9 Å². The van der Waals surface area contributed by atoms with E-state index >= 15 is 0 Å². The normalized spacial score (nSPS) is 11.6. The number of tetrazole rings is 1. The molecule has 0 saturated carbocycles. The molecule has 0 aliphatic heterocycles. The zero-order chi connectivity index (χ0) is 21.5. The van der Waals surface area contributed by atoms with Crippen LogP contribution in [0.2, 0.25) is 0 Å². The molecule has 0 radical (unpaired) electrons. The Balaban J connectivity index is 1.50. The van der Waals surface area contributed by atoms with Gasteiger partial charge in [-0.2, -0.15) is 4.80 Å². The molecule has 1 aromatic carbocycles. The third-order valence-electron chi connectivity index (χ3n) is 4.99. The van der Waals surface area contributed by atoms with Crippen LogP contribution in [0.15, 0.2) is 22.6 Å². The van der Waals surface area contributed by atoms with Crippen LogP contribution in [0.4, 0.5) is 0 Å². The summed E-state index contributed by atoms with van der Waals surface area (Å²) in [5, 5.41) is 21.0. The van der Waals surface area contributed by atoms with E-state index in [0.29, 0.717) is 5.82 Å². The number of unbranched alkanes of at least 4 members (excludes halogenated alkanes) is 3. The molecule has 0 amide bonds. The quantitative estimate of drug-likeness (QED) is 0.418. The fraction of sp³-hybridized carbons (Fsp3) is 0.591. The van der Waals surface area contributed by atoms with Gasteiger partial charge in [0.2, 0.25) is 17.6 Å². The first kappa shape index (κ1) is 21.9. The minimum absolute atomic E-state index is 0.188. The number of nitrogens with zero attached hydrogens (tertiary/aromatic N) is 6. The summed E-state index contributed by atoms with van der Waals surface area (Å²) in [6.45, 7) is 8.19. The lowest BCUT2D eigenvalue weighted by molar-refractivity contribution is 0.408. The monoisotopic (exact) mass is 412 g/mol. The Morgan fingerprint density at radius 2 is 1.73 bits per heavy atom. The number of aryl methyl sites for hydroxylation is 2. The van der Waals surface area contributed by atoms with Crippen molar-refractivity contribution < 1.29 is 9.15 Å². The van der Waals surface area contributed by atoms with E-state index in [9.17, 15) is 0 Å². The van der Waals surface area contributed by atoms with Gasteiger partial charge >= 0.3 is 0 Å². The molecule has 0 spiro atoms. The van der Waals surface area contributed by atoms with Crippen LogP contribution in [0.1, 0.15) is 82.7 Å². The molecule has 3 rings (SSSR count). The van der Waals surface area contributed by atoms with E-state index < -0.39 is 0 Å². The van der Waals surface area contributed by atoms with E-state index in [1.165, 1.54) is 5.56 Å². The van der Waals surface area contributed by atoms with Crippen molar-refractivity contribution in [1.82, 2.24) is 30.4 Å². The van der Waals surface area contributed by atoms with Crippen molar-refractivity contribution in [1.29, 1.82) is 0 Å². The Morgan fingerprint density at radius 1 is 0.967 bits per heavy atom. The summed E-state index contributed by atoms with van der Waals surface area (Å²) < 4.78 is 11.2. The number of methoxy groups -OCH3 is 1. The average Bonchev–Trinajstić information content (AvgIpc) is 3.40. The molecule has 30 heavy (non-hydrogen) atoms. The third-order valence-corrected chi connectivity index (χ3v) is 4.99. The first-order valence-electron chi connectivity index (χ1n) is 10.8. The molecule has 0 unspecified atom stereocenters. The highest BCUT2D eigenvalue weighted by Gasteiger charge is 2.12. The predicted molar refractivity (Wildman–Crippen MR) is 114 cm³/mol. The topological polar surface area (TPSA) is 91.8 Å². The Labute approximate surface area is 178 Å². The summed E-state index contributed by atoms with van der Waals surface area (Å²) in [6, 6.07) is 6.28. The van der Waals surface area contributed by atoms with Gasteiger partial charge in [-0.3, -0.25) is 0 Å². The lowest BCUT2D eigenvalue weighted by Gasteiger charge is -2.10. The van der Waals surface area contributed by atoms with Crippen molar-refractivity contribution in [2.45, 2.75) is 78.2 Å². The molecule has 0 bridgehead atoms. The van der Waals surface area contributed by atoms with Gasteiger partial charge in [0.1, 0.15) is 5.75 Å². The highest BCUT2D eigenvalue weighted by molar-refractivity contribution is 5.58. The van der Waals surface area contributed by atoms with Crippen LogP contribution >= 0.6 is 0 Å². The second kappa shape index (κ2) is 10.3. The fourth-order valence-corrected chi connectivity index (χ4v) is 3.22. The zero-order valence-electron chi connectivity index (χ0n) is 18.6. The number of benzene rings is 1. The molecular formula is C22H32N6O2. The maximum absolute atomic E-state index is 5.67. The molecule has 0 aliphatic rings. The molecule has 0 saturated heterocycles. The maximum Gasteiger partial charge on any atom is 0.219 e. The molecular weight excluding hydrogens is 380 g/mol. The van der Waals surface area contributed by atoms with E-state index in [2.05, 4.69) is 45.5 Å². The molecule has 0 N–H and O–H groups in total. The Hall–Kier alpha value is -2.77. The molecule has 0 atom stereocenters. The number of rotatable bonds is 11. The van der Waals surface area contributed by atoms with Crippen LogP contribution in [-0.4, -0.2) is 37.5 Å². The summed E-state index contributed by atoms with van der Waals surface area (Å²) in [4.78, 5) is 1.63. The largest absolute Gasteiger partial charge is 0.496 e. The summed E-state index contributed by atoms with van der Waals surface area (Å²) in [5.41, 5.74) is 2.14. The molecule has 162 valence electrons. The molecule has 0 aliphatic carbocycles. The van der Waals surface area contributed by atoms with Crippen LogP contribution in [-0.2, 0) is 12.8 Å². The SMILES string of the molecule is COc1ccc(-c2nnn(C(C)C)n2)cc1CCCCCCc1nnc(C(C)C)o1. The van der Waals surface area contributed by atoms with Crippen LogP contribution in [0.5, 0.6) is 5.75 Å². The second-order valence-corrected chi connectivity index (χ2v) is 8.16. The Morgan fingerprint density at radius 3 is 2.37 bits per heavy atom. The smallest absolute Gasteiger partial charge is 0.219 e. The Bertz CT molecular complexity index is 931. The summed E-state index contributed by atoms with van der Waals surface area (Å²) in [7, 11) is 1.71. The van der Waals surface area contributed by atoms with Crippen molar-refractivity contribution in [3.63, 3.8) is 0 Å². The van der Waals surface area contributed by atoms with E-state index in [4.69, 9.17) is 9.15 Å². The molecule has 2 aromatic heterocycles. The van der Waals surface area contributed by atoms with Crippen LogP contribution in [0.25, 0.3) is 11.4 Å². The number of ether oxygens (including phenoxy) is 1.